The molecule has 0 spiro atoms. The third-order valence-corrected chi connectivity index (χ3v) is 3.02. The number of benzene rings is 1. The number of pyridine rings is 1. The molecule has 0 aliphatic heterocycles. The minimum Gasteiger partial charge on any atom is -0.508 e. The Morgan fingerprint density at radius 1 is 1.26 bits per heavy atom. The quantitative estimate of drug-likeness (QED) is 0.657. The molecule has 1 amide bonds. The molecule has 2 aromatic rings. The number of hydrogen-bond donors (Lipinski definition) is 2. The number of nitrogens with zero attached hydrogens (tertiary/aromatic N) is 1. The number of hydrogen-bond acceptors (Lipinski definition) is 3. The van der Waals surface area contributed by atoms with Crippen LogP contribution in [-0.4, -0.2) is 16.0 Å². The Labute approximate surface area is 120 Å². The van der Waals surface area contributed by atoms with E-state index in [0.717, 1.165) is 5.56 Å². The van der Waals surface area contributed by atoms with Crippen LogP contribution >= 0.6 is 23.2 Å². The zero-order valence-electron chi connectivity index (χ0n) is 9.95. The van der Waals surface area contributed by atoms with Crippen LogP contribution in [0.3, 0.4) is 0 Å². The van der Waals surface area contributed by atoms with Crippen molar-refractivity contribution in [2.24, 2.45) is 0 Å². The fourth-order valence-corrected chi connectivity index (χ4v) is 1.99. The molecule has 98 valence electrons. The highest BCUT2D eigenvalue weighted by Gasteiger charge is 2.13. The van der Waals surface area contributed by atoms with Crippen molar-refractivity contribution < 1.29 is 9.90 Å². The summed E-state index contributed by atoms with van der Waals surface area (Å²) < 4.78 is 0. The molecule has 0 saturated heterocycles. The van der Waals surface area contributed by atoms with Crippen LogP contribution in [0.5, 0.6) is 5.75 Å². The van der Waals surface area contributed by atoms with Gasteiger partial charge in [-0.3, -0.25) is 4.79 Å². The lowest BCUT2D eigenvalue weighted by atomic mass is 10.2. The second kappa shape index (κ2) is 5.47. The first-order valence-electron chi connectivity index (χ1n) is 5.40. The summed E-state index contributed by atoms with van der Waals surface area (Å²) in [5.74, 6) is -0.246. The van der Waals surface area contributed by atoms with E-state index in [9.17, 15) is 9.90 Å². The number of aromatic nitrogens is 1. The summed E-state index contributed by atoms with van der Waals surface area (Å²) in [6.45, 7) is 1.77. The largest absolute Gasteiger partial charge is 0.508 e. The van der Waals surface area contributed by atoms with Gasteiger partial charge in [0.2, 0.25) is 0 Å². The number of aryl methyl sites for hydroxylation is 1. The Bertz CT molecular complexity index is 645. The highest BCUT2D eigenvalue weighted by atomic mass is 35.5. The van der Waals surface area contributed by atoms with Gasteiger partial charge in [-0.2, -0.15) is 0 Å². The predicted molar refractivity (Wildman–Crippen MR) is 75.1 cm³/mol. The molecular weight excluding hydrogens is 287 g/mol. The molecule has 0 atom stereocenters. The number of phenolic OH excluding ortho intramolecular Hbond substituents is 1. The normalized spacial score (nSPS) is 10.3. The molecule has 2 N–H and O–H groups in total. The van der Waals surface area contributed by atoms with E-state index in [2.05, 4.69) is 10.3 Å². The van der Waals surface area contributed by atoms with Crippen molar-refractivity contribution >= 4 is 34.8 Å². The van der Waals surface area contributed by atoms with E-state index in [1.807, 2.05) is 0 Å². The minimum absolute atomic E-state index is 0.0430. The number of aromatic hydroxyl groups is 1. The first kappa shape index (κ1) is 13.6. The molecule has 0 bridgehead atoms. The molecule has 4 nitrogen and oxygen atoms in total. The summed E-state index contributed by atoms with van der Waals surface area (Å²) in [6.07, 6.45) is 0. The number of rotatable bonds is 2. The molecule has 0 aliphatic rings. The first-order chi connectivity index (χ1) is 8.97. The van der Waals surface area contributed by atoms with Crippen LogP contribution in [0, 0.1) is 6.92 Å². The number of carbonyl (C=O) groups is 1. The molecule has 0 aliphatic carbocycles. The van der Waals surface area contributed by atoms with Crippen molar-refractivity contribution in [1.29, 1.82) is 0 Å². The summed E-state index contributed by atoms with van der Waals surface area (Å²) in [6, 6.07) is 7.65. The van der Waals surface area contributed by atoms with Crippen molar-refractivity contribution in [3.63, 3.8) is 0 Å². The van der Waals surface area contributed by atoms with E-state index >= 15 is 0 Å². The second-order valence-corrected chi connectivity index (χ2v) is 4.67. The van der Waals surface area contributed by atoms with Gasteiger partial charge >= 0.3 is 0 Å². The minimum atomic E-state index is -0.386. The molecule has 0 radical (unpaired) electrons. The van der Waals surface area contributed by atoms with Crippen LogP contribution in [0.1, 0.15) is 15.9 Å². The monoisotopic (exact) mass is 296 g/mol. The van der Waals surface area contributed by atoms with Crippen molar-refractivity contribution in [1.82, 2.24) is 4.98 Å². The molecule has 0 saturated carbocycles. The molecular formula is C13H10Cl2N2O2. The van der Waals surface area contributed by atoms with Crippen LogP contribution in [0.2, 0.25) is 10.3 Å². The van der Waals surface area contributed by atoms with Gasteiger partial charge in [-0.25, -0.2) is 4.98 Å². The first-order valence-corrected chi connectivity index (χ1v) is 6.16. The molecule has 0 fully saturated rings. The van der Waals surface area contributed by atoms with Gasteiger partial charge in [0.1, 0.15) is 16.1 Å². The van der Waals surface area contributed by atoms with E-state index in [-0.39, 0.29) is 27.5 Å². The second-order valence-electron chi connectivity index (χ2n) is 3.93. The fraction of sp³-hybridized carbons (Fsp3) is 0.0769. The number of anilines is 1. The summed E-state index contributed by atoms with van der Waals surface area (Å²) in [5, 5.41) is 12.3. The van der Waals surface area contributed by atoms with Gasteiger partial charge in [0.25, 0.3) is 5.91 Å². The molecule has 2 rings (SSSR count). The molecule has 1 aromatic carbocycles. The third-order valence-electron chi connectivity index (χ3n) is 2.52. The van der Waals surface area contributed by atoms with Gasteiger partial charge < -0.3 is 10.4 Å². The Kier molecular flexibility index (Phi) is 3.93. The van der Waals surface area contributed by atoms with E-state index < -0.39 is 0 Å². The molecule has 19 heavy (non-hydrogen) atoms. The molecule has 6 heteroatoms. The van der Waals surface area contributed by atoms with Gasteiger partial charge in [-0.15, -0.1) is 0 Å². The maximum Gasteiger partial charge on any atom is 0.258 e. The van der Waals surface area contributed by atoms with Crippen LogP contribution in [0.4, 0.5) is 5.69 Å². The Morgan fingerprint density at radius 2 is 2.00 bits per heavy atom. The predicted octanol–water partition coefficient (Wildman–Crippen LogP) is 3.65. The zero-order chi connectivity index (χ0) is 14.0. The van der Waals surface area contributed by atoms with Gasteiger partial charge in [-0.1, -0.05) is 23.2 Å². The maximum atomic E-state index is 12.0. The summed E-state index contributed by atoms with van der Waals surface area (Å²) in [5.41, 5.74) is 1.57. The Morgan fingerprint density at radius 3 is 2.63 bits per heavy atom. The maximum absolute atomic E-state index is 12.0. The van der Waals surface area contributed by atoms with E-state index in [4.69, 9.17) is 23.2 Å². The third kappa shape index (κ3) is 3.16. The average molecular weight is 297 g/mol. The summed E-state index contributed by atoms with van der Waals surface area (Å²) in [7, 11) is 0. The Hall–Kier alpha value is -1.78. The number of amides is 1. The van der Waals surface area contributed by atoms with Crippen LogP contribution in [-0.2, 0) is 0 Å². The molecule has 1 aromatic heterocycles. The van der Waals surface area contributed by atoms with Crippen molar-refractivity contribution in [2.45, 2.75) is 6.92 Å². The van der Waals surface area contributed by atoms with Crippen LogP contribution in [0.15, 0.2) is 30.3 Å². The molecule has 1 heterocycles. The Balaban J connectivity index is 2.25. The summed E-state index contributed by atoms with van der Waals surface area (Å²) in [4.78, 5) is 15.8. The lowest BCUT2D eigenvalue weighted by Crippen LogP contribution is -2.13. The van der Waals surface area contributed by atoms with Crippen molar-refractivity contribution in [3.05, 3.63) is 51.8 Å². The number of carbonyl (C=O) groups excluding carboxylic acids is 1. The van der Waals surface area contributed by atoms with Crippen LogP contribution < -0.4 is 5.32 Å². The van der Waals surface area contributed by atoms with E-state index in [1.165, 1.54) is 18.2 Å². The smallest absolute Gasteiger partial charge is 0.258 e. The van der Waals surface area contributed by atoms with Gasteiger partial charge in [0.15, 0.2) is 0 Å². The van der Waals surface area contributed by atoms with E-state index in [0.29, 0.717) is 5.69 Å². The SMILES string of the molecule is Cc1cc(O)ccc1NC(=O)c1ccc(Cl)nc1Cl. The lowest BCUT2D eigenvalue weighted by molar-refractivity contribution is 0.102. The highest BCUT2D eigenvalue weighted by Crippen LogP contribution is 2.22. The topological polar surface area (TPSA) is 62.2 Å². The van der Waals surface area contributed by atoms with E-state index in [1.54, 1.807) is 19.1 Å². The standard InChI is InChI=1S/C13H10Cl2N2O2/c1-7-6-8(18)2-4-10(7)16-13(19)9-3-5-11(14)17-12(9)15/h2-6,18H,1H3,(H,16,19). The zero-order valence-corrected chi connectivity index (χ0v) is 11.5. The van der Waals surface area contributed by atoms with Gasteiger partial charge in [0.05, 0.1) is 5.56 Å². The van der Waals surface area contributed by atoms with Crippen molar-refractivity contribution in [2.75, 3.05) is 5.32 Å². The van der Waals surface area contributed by atoms with Gasteiger partial charge in [0, 0.05) is 5.69 Å². The van der Waals surface area contributed by atoms with Crippen molar-refractivity contribution in [3.8, 4) is 5.75 Å². The lowest BCUT2D eigenvalue weighted by Gasteiger charge is -2.09. The van der Waals surface area contributed by atoms with Crippen LogP contribution in [0.25, 0.3) is 0 Å². The fourth-order valence-electron chi connectivity index (χ4n) is 1.56. The summed E-state index contributed by atoms with van der Waals surface area (Å²) >= 11 is 11.5. The average Bonchev–Trinajstić information content (AvgIpc) is 2.32. The number of phenols is 1. The van der Waals surface area contributed by atoms with Gasteiger partial charge in [-0.05, 0) is 42.8 Å². The number of halogens is 2. The highest BCUT2D eigenvalue weighted by molar-refractivity contribution is 6.35. The number of nitrogens with one attached hydrogen (secondary N) is 1. The molecule has 0 unspecified atom stereocenters.